The molecule has 0 atom stereocenters. The maximum atomic E-state index is 12.3. The fourth-order valence-corrected chi connectivity index (χ4v) is 5.16. The van der Waals surface area contributed by atoms with Gasteiger partial charge in [-0.15, -0.1) is 0 Å². The molecular weight excluding hydrogens is 596 g/mol. The molecule has 1 aliphatic heterocycles. The second-order valence-corrected chi connectivity index (χ2v) is 11.2. The van der Waals surface area contributed by atoms with E-state index < -0.39 is 0 Å². The number of nitriles is 1. The van der Waals surface area contributed by atoms with Crippen LogP contribution in [0, 0.1) is 18.3 Å². The normalized spacial score (nSPS) is 12.7. The first kappa shape index (κ1) is 30.9. The van der Waals surface area contributed by atoms with Gasteiger partial charge in [0.1, 0.15) is 34.5 Å². The number of carbonyl (C=O) groups excluding carboxylic acids is 1. The summed E-state index contributed by atoms with van der Waals surface area (Å²) in [6.07, 6.45) is 8.16. The number of nitrogens with one attached hydrogen (secondary N) is 3. The molecule has 6 rings (SSSR count). The summed E-state index contributed by atoms with van der Waals surface area (Å²) in [6, 6.07) is 15.5. The van der Waals surface area contributed by atoms with Gasteiger partial charge in [0, 0.05) is 55.5 Å². The van der Waals surface area contributed by atoms with Gasteiger partial charge >= 0.3 is 0 Å². The van der Waals surface area contributed by atoms with Crippen molar-refractivity contribution >= 4 is 46.1 Å². The number of aryl methyl sites for hydroxylation is 1. The molecule has 0 aliphatic carbocycles. The largest absolute Gasteiger partial charge is 0.494 e. The lowest BCUT2D eigenvalue weighted by Gasteiger charge is -2.45. The van der Waals surface area contributed by atoms with Gasteiger partial charge in [-0.1, -0.05) is 6.58 Å². The Balaban J connectivity index is 1.24. The van der Waals surface area contributed by atoms with Gasteiger partial charge in [0.05, 0.1) is 30.4 Å². The lowest BCUT2D eigenvalue weighted by atomic mass is 10.0. The number of fused-ring (bicyclic) bond motifs is 1. The molecular formula is C34H34N10O3. The van der Waals surface area contributed by atoms with Crippen molar-refractivity contribution in [1.82, 2.24) is 24.3 Å². The molecule has 0 bridgehead atoms. The van der Waals surface area contributed by atoms with Crippen LogP contribution in [0.5, 0.6) is 17.2 Å². The molecule has 13 nitrogen and oxygen atoms in total. The molecule has 4 heterocycles. The number of hydrogen-bond donors (Lipinski definition) is 3. The summed E-state index contributed by atoms with van der Waals surface area (Å²) >= 11 is 0. The molecule has 1 aliphatic rings. The molecule has 5 aromatic rings. The van der Waals surface area contributed by atoms with Crippen LogP contribution < -0.4 is 30.3 Å². The van der Waals surface area contributed by atoms with Crippen molar-refractivity contribution in [3.63, 3.8) is 0 Å². The van der Waals surface area contributed by atoms with Gasteiger partial charge in [0.2, 0.25) is 11.9 Å². The number of amides is 1. The molecule has 0 saturated carbocycles. The van der Waals surface area contributed by atoms with E-state index in [1.807, 2.05) is 74.2 Å². The minimum atomic E-state index is -0.334. The maximum absolute atomic E-state index is 12.3. The van der Waals surface area contributed by atoms with Crippen LogP contribution in [0.1, 0.15) is 11.1 Å². The number of hydrogen-bond acceptors (Lipinski definition) is 11. The van der Waals surface area contributed by atoms with E-state index in [0.717, 1.165) is 30.0 Å². The Hall–Kier alpha value is -6.13. The summed E-state index contributed by atoms with van der Waals surface area (Å²) in [4.78, 5) is 29.9. The van der Waals surface area contributed by atoms with E-state index in [4.69, 9.17) is 9.47 Å². The van der Waals surface area contributed by atoms with E-state index in [2.05, 4.69) is 53.4 Å². The first-order chi connectivity index (χ1) is 22.7. The van der Waals surface area contributed by atoms with Crippen LogP contribution in [0.3, 0.4) is 0 Å². The van der Waals surface area contributed by atoms with E-state index in [-0.39, 0.29) is 17.4 Å². The van der Waals surface area contributed by atoms with Crippen LogP contribution in [0.2, 0.25) is 0 Å². The number of benzene rings is 2. The number of likely N-dealkylation sites (N-methyl/N-ethyl adjacent to an activating group) is 1. The highest BCUT2D eigenvalue weighted by Crippen LogP contribution is 2.40. The van der Waals surface area contributed by atoms with Crippen molar-refractivity contribution in [3.8, 4) is 23.3 Å². The minimum absolute atomic E-state index is 0.223. The standard InChI is InChI=1S/C34H34N10O3/c1-6-32(45)39-26-15-27(30(46-5)16-28(26)44-19-24(20-44)42(3)4)40-34-37-18-22(17-35)33(41-34)38-23-7-8-29(21(2)13-23)47-25-9-11-43-12-10-36-31(43)14-25/h6-16,18,24H,1,19-20H2,2-5H3,(H,39,45)(H2,37,38,40,41). The number of methoxy groups -OCH3 is 1. The van der Waals surface area contributed by atoms with Crippen LogP contribution in [-0.2, 0) is 4.79 Å². The van der Waals surface area contributed by atoms with E-state index >= 15 is 0 Å². The van der Waals surface area contributed by atoms with E-state index in [1.165, 1.54) is 12.3 Å². The number of rotatable bonds is 11. The number of carbonyl (C=O) groups is 1. The highest BCUT2D eigenvalue weighted by molar-refractivity contribution is 6.02. The number of ether oxygens (including phenoxy) is 2. The summed E-state index contributed by atoms with van der Waals surface area (Å²) < 4.78 is 13.7. The molecule has 1 fully saturated rings. The van der Waals surface area contributed by atoms with Gasteiger partial charge in [0.15, 0.2) is 5.82 Å². The third kappa shape index (κ3) is 6.63. The fraction of sp³-hybridized carbons (Fsp3) is 0.206. The molecule has 47 heavy (non-hydrogen) atoms. The molecule has 1 saturated heterocycles. The minimum Gasteiger partial charge on any atom is -0.494 e. The van der Waals surface area contributed by atoms with E-state index in [9.17, 15) is 10.1 Å². The zero-order valence-corrected chi connectivity index (χ0v) is 26.5. The molecule has 0 unspecified atom stereocenters. The topological polar surface area (TPSA) is 145 Å². The monoisotopic (exact) mass is 630 g/mol. The summed E-state index contributed by atoms with van der Waals surface area (Å²) in [5.41, 5.74) is 4.58. The SMILES string of the molecule is C=CC(=O)Nc1cc(Nc2ncc(C#N)c(Nc3ccc(Oc4ccn5ccnc5c4)c(C)c3)n2)c(OC)cc1N1CC(N(C)C)C1. The lowest BCUT2D eigenvalue weighted by Crippen LogP contribution is -2.57. The Morgan fingerprint density at radius 1 is 1.09 bits per heavy atom. The number of nitrogens with zero attached hydrogens (tertiary/aromatic N) is 7. The van der Waals surface area contributed by atoms with Gasteiger partial charge in [-0.05, 0) is 63.0 Å². The third-order valence-electron chi connectivity index (χ3n) is 7.88. The van der Waals surface area contributed by atoms with Crippen molar-refractivity contribution in [2.45, 2.75) is 13.0 Å². The highest BCUT2D eigenvalue weighted by atomic mass is 16.5. The Morgan fingerprint density at radius 3 is 2.64 bits per heavy atom. The Bertz CT molecular complexity index is 2010. The fourth-order valence-electron chi connectivity index (χ4n) is 5.16. The lowest BCUT2D eigenvalue weighted by molar-refractivity contribution is -0.111. The van der Waals surface area contributed by atoms with Crippen LogP contribution >= 0.6 is 0 Å². The van der Waals surface area contributed by atoms with E-state index in [1.54, 1.807) is 19.4 Å². The van der Waals surface area contributed by atoms with Crippen LogP contribution in [0.25, 0.3) is 5.65 Å². The second-order valence-electron chi connectivity index (χ2n) is 11.2. The number of aromatic nitrogens is 4. The predicted molar refractivity (Wildman–Crippen MR) is 181 cm³/mol. The van der Waals surface area contributed by atoms with Gasteiger partial charge in [-0.3, -0.25) is 4.79 Å². The Kier molecular flexibility index (Phi) is 8.59. The molecule has 3 N–H and O–H groups in total. The van der Waals surface area contributed by atoms with Crippen molar-refractivity contribution < 1.29 is 14.3 Å². The zero-order valence-electron chi connectivity index (χ0n) is 26.5. The van der Waals surface area contributed by atoms with Gasteiger partial charge in [-0.25, -0.2) is 9.97 Å². The van der Waals surface area contributed by atoms with Crippen LogP contribution in [0.4, 0.5) is 34.5 Å². The number of anilines is 6. The number of imidazole rings is 1. The Labute approximate surface area is 272 Å². The van der Waals surface area contributed by atoms with Gasteiger partial charge in [-0.2, -0.15) is 10.2 Å². The van der Waals surface area contributed by atoms with Crippen molar-refractivity contribution in [3.05, 3.63) is 91.0 Å². The molecule has 2 aromatic carbocycles. The molecule has 238 valence electrons. The Morgan fingerprint density at radius 2 is 1.91 bits per heavy atom. The third-order valence-corrected chi connectivity index (χ3v) is 7.88. The molecule has 3 aromatic heterocycles. The molecule has 13 heteroatoms. The van der Waals surface area contributed by atoms with Crippen molar-refractivity contribution in [2.75, 3.05) is 55.1 Å². The zero-order chi connectivity index (χ0) is 33.1. The first-order valence-electron chi connectivity index (χ1n) is 14.8. The maximum Gasteiger partial charge on any atom is 0.247 e. The average Bonchev–Trinajstić information content (AvgIpc) is 3.50. The van der Waals surface area contributed by atoms with Crippen LogP contribution in [0.15, 0.2) is 79.9 Å². The molecule has 0 radical (unpaired) electrons. The summed E-state index contributed by atoms with van der Waals surface area (Å²) in [6.45, 7) is 7.14. The smallest absolute Gasteiger partial charge is 0.247 e. The first-order valence-corrected chi connectivity index (χ1v) is 14.8. The molecule has 0 spiro atoms. The van der Waals surface area contributed by atoms with E-state index in [0.29, 0.717) is 46.2 Å². The average molecular weight is 631 g/mol. The highest BCUT2D eigenvalue weighted by Gasteiger charge is 2.31. The van der Waals surface area contributed by atoms with Crippen LogP contribution in [-0.4, -0.2) is 70.5 Å². The summed E-state index contributed by atoms with van der Waals surface area (Å²) in [7, 11) is 5.67. The van der Waals surface area contributed by atoms with Crippen molar-refractivity contribution in [1.29, 1.82) is 5.26 Å². The van der Waals surface area contributed by atoms with Gasteiger partial charge in [0.25, 0.3) is 0 Å². The molecule has 1 amide bonds. The number of pyridine rings is 1. The van der Waals surface area contributed by atoms with Gasteiger partial charge < -0.3 is 39.6 Å². The quantitative estimate of drug-likeness (QED) is 0.160. The summed E-state index contributed by atoms with van der Waals surface area (Å²) in [5.74, 6) is 2.09. The summed E-state index contributed by atoms with van der Waals surface area (Å²) in [5, 5.41) is 19.1. The second kappa shape index (κ2) is 13.1. The predicted octanol–water partition coefficient (Wildman–Crippen LogP) is 5.47. The van der Waals surface area contributed by atoms with Crippen molar-refractivity contribution in [2.24, 2.45) is 0 Å².